The van der Waals surface area contributed by atoms with Crippen molar-refractivity contribution in [2.45, 2.75) is 25.3 Å². The SMILES string of the molecule is C=CCN(CC=C)C1CCc2c(Cl)ccc(OC)c2C1. The van der Waals surface area contributed by atoms with E-state index in [9.17, 15) is 0 Å². The number of ether oxygens (including phenoxy) is 1. The molecule has 2 nitrogen and oxygen atoms in total. The lowest BCUT2D eigenvalue weighted by molar-refractivity contribution is 0.218. The zero-order chi connectivity index (χ0) is 14.5. The minimum atomic E-state index is 0.492. The number of halogens is 1. The average Bonchev–Trinajstić information content (AvgIpc) is 2.47. The molecule has 3 heteroatoms. The summed E-state index contributed by atoms with van der Waals surface area (Å²) in [6.45, 7) is 9.46. The Kier molecular flexibility index (Phi) is 5.27. The molecule has 1 aromatic rings. The van der Waals surface area contributed by atoms with Crippen molar-refractivity contribution >= 4 is 11.6 Å². The van der Waals surface area contributed by atoms with Crippen molar-refractivity contribution in [1.29, 1.82) is 0 Å². The molecule has 0 saturated heterocycles. The molecule has 1 aliphatic rings. The summed E-state index contributed by atoms with van der Waals surface area (Å²) in [6, 6.07) is 4.39. The Labute approximate surface area is 126 Å². The van der Waals surface area contributed by atoms with E-state index in [1.165, 1.54) is 11.1 Å². The smallest absolute Gasteiger partial charge is 0.122 e. The highest BCUT2D eigenvalue weighted by Gasteiger charge is 2.26. The van der Waals surface area contributed by atoms with Gasteiger partial charge in [-0.15, -0.1) is 13.2 Å². The predicted octanol–water partition coefficient (Wildman–Crippen LogP) is 3.88. The number of nitrogens with zero attached hydrogens (tertiary/aromatic N) is 1. The Bertz CT molecular complexity index is 488. The fourth-order valence-corrected chi connectivity index (χ4v) is 3.26. The quantitative estimate of drug-likeness (QED) is 0.738. The normalized spacial score (nSPS) is 17.6. The van der Waals surface area contributed by atoms with Crippen molar-refractivity contribution in [3.8, 4) is 5.75 Å². The van der Waals surface area contributed by atoms with Gasteiger partial charge in [-0.3, -0.25) is 4.90 Å². The molecule has 20 heavy (non-hydrogen) atoms. The van der Waals surface area contributed by atoms with E-state index in [4.69, 9.17) is 16.3 Å². The number of fused-ring (bicyclic) bond motifs is 1. The van der Waals surface area contributed by atoms with Crippen molar-refractivity contribution in [1.82, 2.24) is 4.90 Å². The minimum absolute atomic E-state index is 0.492. The molecule has 2 rings (SSSR count). The molecule has 0 radical (unpaired) electrons. The summed E-state index contributed by atoms with van der Waals surface area (Å²) in [5.41, 5.74) is 2.51. The fraction of sp³-hybridized carbons (Fsp3) is 0.412. The lowest BCUT2D eigenvalue weighted by atomic mass is 9.86. The van der Waals surface area contributed by atoms with Gasteiger partial charge in [0.15, 0.2) is 0 Å². The number of benzene rings is 1. The van der Waals surface area contributed by atoms with Crippen LogP contribution in [0, 0.1) is 0 Å². The molecule has 0 heterocycles. The van der Waals surface area contributed by atoms with Crippen molar-refractivity contribution in [3.63, 3.8) is 0 Å². The molecule has 0 fully saturated rings. The number of methoxy groups -OCH3 is 1. The van der Waals surface area contributed by atoms with Crippen LogP contribution in [0.5, 0.6) is 5.75 Å². The van der Waals surface area contributed by atoms with E-state index in [2.05, 4.69) is 18.1 Å². The molecule has 0 N–H and O–H groups in total. The van der Waals surface area contributed by atoms with Gasteiger partial charge >= 0.3 is 0 Å². The maximum absolute atomic E-state index is 6.32. The Morgan fingerprint density at radius 2 is 2.00 bits per heavy atom. The second kappa shape index (κ2) is 6.96. The maximum atomic E-state index is 6.32. The monoisotopic (exact) mass is 291 g/mol. The van der Waals surface area contributed by atoms with Crippen LogP contribution in [0.25, 0.3) is 0 Å². The summed E-state index contributed by atoms with van der Waals surface area (Å²) in [4.78, 5) is 2.41. The van der Waals surface area contributed by atoms with E-state index in [1.807, 2.05) is 24.3 Å². The maximum Gasteiger partial charge on any atom is 0.122 e. The zero-order valence-electron chi connectivity index (χ0n) is 12.1. The summed E-state index contributed by atoms with van der Waals surface area (Å²) in [7, 11) is 1.72. The van der Waals surface area contributed by atoms with Crippen molar-refractivity contribution in [2.75, 3.05) is 20.2 Å². The van der Waals surface area contributed by atoms with Crippen LogP contribution in [0.2, 0.25) is 5.02 Å². The van der Waals surface area contributed by atoms with E-state index in [0.29, 0.717) is 6.04 Å². The van der Waals surface area contributed by atoms with Gasteiger partial charge in [0.2, 0.25) is 0 Å². The molecule has 0 aliphatic heterocycles. The highest BCUT2D eigenvalue weighted by molar-refractivity contribution is 6.31. The number of hydrogen-bond donors (Lipinski definition) is 0. The standard InChI is InChI=1S/C17H22ClNO/c1-4-10-19(11-5-2)13-6-7-14-15(12-13)17(20-3)9-8-16(14)18/h4-5,8-9,13H,1-2,6-7,10-12H2,3H3. The minimum Gasteiger partial charge on any atom is -0.496 e. The summed E-state index contributed by atoms with van der Waals surface area (Å²) in [5, 5.41) is 0.859. The average molecular weight is 292 g/mol. The Balaban J connectivity index is 2.26. The van der Waals surface area contributed by atoms with Crippen LogP contribution >= 0.6 is 11.6 Å². The first-order chi connectivity index (χ1) is 9.71. The molecular weight excluding hydrogens is 270 g/mol. The summed E-state index contributed by atoms with van der Waals surface area (Å²) >= 11 is 6.32. The second-order valence-corrected chi connectivity index (χ2v) is 5.54. The number of rotatable bonds is 6. The zero-order valence-corrected chi connectivity index (χ0v) is 12.8. The van der Waals surface area contributed by atoms with Gasteiger partial charge in [-0.25, -0.2) is 0 Å². The molecule has 0 bridgehead atoms. The first-order valence-electron chi connectivity index (χ1n) is 7.01. The molecule has 1 aromatic carbocycles. The van der Waals surface area contributed by atoms with E-state index in [0.717, 1.165) is 43.1 Å². The summed E-state index contributed by atoms with van der Waals surface area (Å²) in [6.07, 6.45) is 6.99. The molecule has 0 amide bonds. The molecule has 1 atom stereocenters. The fourth-order valence-electron chi connectivity index (χ4n) is 2.99. The highest BCUT2D eigenvalue weighted by atomic mass is 35.5. The first-order valence-corrected chi connectivity index (χ1v) is 7.39. The van der Waals surface area contributed by atoms with Gasteiger partial charge in [-0.1, -0.05) is 23.8 Å². The van der Waals surface area contributed by atoms with Crippen molar-refractivity contribution in [2.24, 2.45) is 0 Å². The van der Waals surface area contributed by atoms with Crippen LogP contribution in [-0.2, 0) is 12.8 Å². The lowest BCUT2D eigenvalue weighted by Crippen LogP contribution is -2.39. The van der Waals surface area contributed by atoms with Gasteiger partial charge in [0, 0.05) is 29.7 Å². The van der Waals surface area contributed by atoms with Crippen molar-refractivity contribution in [3.05, 3.63) is 53.6 Å². The van der Waals surface area contributed by atoms with Gasteiger partial charge in [0.05, 0.1) is 7.11 Å². The molecule has 108 valence electrons. The molecule has 0 saturated carbocycles. The van der Waals surface area contributed by atoms with E-state index >= 15 is 0 Å². The molecule has 1 unspecified atom stereocenters. The molecule has 0 spiro atoms. The Morgan fingerprint density at radius 1 is 1.30 bits per heavy atom. The number of hydrogen-bond acceptors (Lipinski definition) is 2. The third kappa shape index (κ3) is 3.08. The van der Waals surface area contributed by atoms with Crippen molar-refractivity contribution < 1.29 is 4.74 Å². The van der Waals surface area contributed by atoms with Crippen LogP contribution in [0.1, 0.15) is 17.5 Å². The van der Waals surface area contributed by atoms with E-state index < -0.39 is 0 Å². The van der Waals surface area contributed by atoms with Gasteiger partial charge < -0.3 is 4.74 Å². The van der Waals surface area contributed by atoms with Crippen LogP contribution in [0.4, 0.5) is 0 Å². The van der Waals surface area contributed by atoms with Gasteiger partial charge in [-0.2, -0.15) is 0 Å². The van der Waals surface area contributed by atoms with Gasteiger partial charge in [0.1, 0.15) is 5.75 Å². The summed E-state index contributed by atoms with van der Waals surface area (Å²) < 4.78 is 5.50. The van der Waals surface area contributed by atoms with E-state index in [-0.39, 0.29) is 0 Å². The molecule has 1 aliphatic carbocycles. The highest BCUT2D eigenvalue weighted by Crippen LogP contribution is 2.35. The van der Waals surface area contributed by atoms with Crippen LogP contribution in [0.3, 0.4) is 0 Å². The Hall–Kier alpha value is -1.25. The van der Waals surface area contributed by atoms with Crippen LogP contribution in [-0.4, -0.2) is 31.1 Å². The van der Waals surface area contributed by atoms with Crippen LogP contribution in [0.15, 0.2) is 37.4 Å². The second-order valence-electron chi connectivity index (χ2n) is 5.13. The largest absolute Gasteiger partial charge is 0.496 e. The van der Waals surface area contributed by atoms with Crippen LogP contribution < -0.4 is 4.74 Å². The Morgan fingerprint density at radius 3 is 2.60 bits per heavy atom. The van der Waals surface area contributed by atoms with E-state index in [1.54, 1.807) is 7.11 Å². The third-order valence-electron chi connectivity index (χ3n) is 3.96. The third-order valence-corrected chi connectivity index (χ3v) is 4.32. The summed E-state index contributed by atoms with van der Waals surface area (Å²) in [5.74, 6) is 0.950. The molecule has 0 aromatic heterocycles. The first kappa shape index (κ1) is 15.1. The van der Waals surface area contributed by atoms with Gasteiger partial charge in [0.25, 0.3) is 0 Å². The topological polar surface area (TPSA) is 12.5 Å². The molecular formula is C17H22ClNO. The lowest BCUT2D eigenvalue weighted by Gasteiger charge is -2.34. The predicted molar refractivity (Wildman–Crippen MR) is 85.8 cm³/mol. The van der Waals surface area contributed by atoms with Gasteiger partial charge in [-0.05, 0) is 37.0 Å².